The topological polar surface area (TPSA) is 30.5 Å². The molecule has 0 bridgehead atoms. The molecule has 5 heteroatoms. The van der Waals surface area contributed by atoms with Crippen LogP contribution in [0.2, 0.25) is 4.34 Å². The summed E-state index contributed by atoms with van der Waals surface area (Å²) < 4.78 is 11.2. The van der Waals surface area contributed by atoms with Gasteiger partial charge in [0, 0.05) is 25.5 Å². The molecular weight excluding hydrogens is 234 g/mol. The fraction of sp³-hybridized carbons (Fsp3) is 0.600. The average Bonchev–Trinajstić information content (AvgIpc) is 2.64. The highest BCUT2D eigenvalue weighted by atomic mass is 35.5. The fourth-order valence-corrected chi connectivity index (χ4v) is 2.58. The molecule has 0 aliphatic carbocycles. The summed E-state index contributed by atoms with van der Waals surface area (Å²) in [6.45, 7) is 0. The summed E-state index contributed by atoms with van der Waals surface area (Å²) in [5.41, 5.74) is 0. The SMILES string of the molecule is CNC(Cc1ccc(Cl)s1)C(OC)OC. The minimum atomic E-state index is -0.240. The Bertz CT molecular complexity index is 289. The predicted octanol–water partition coefficient (Wildman–Crippen LogP) is 2.15. The van der Waals surface area contributed by atoms with Crippen LogP contribution < -0.4 is 5.32 Å². The van der Waals surface area contributed by atoms with Crippen molar-refractivity contribution in [3.8, 4) is 0 Å². The first kappa shape index (κ1) is 12.9. The number of methoxy groups -OCH3 is 2. The molecule has 1 N–H and O–H groups in total. The summed E-state index contributed by atoms with van der Waals surface area (Å²) in [5.74, 6) is 0. The minimum Gasteiger partial charge on any atom is -0.354 e. The quantitative estimate of drug-likeness (QED) is 0.784. The van der Waals surface area contributed by atoms with E-state index in [-0.39, 0.29) is 12.3 Å². The fourth-order valence-electron chi connectivity index (χ4n) is 1.44. The van der Waals surface area contributed by atoms with E-state index in [9.17, 15) is 0 Å². The van der Waals surface area contributed by atoms with Crippen molar-refractivity contribution in [2.75, 3.05) is 21.3 Å². The van der Waals surface area contributed by atoms with E-state index in [4.69, 9.17) is 21.1 Å². The number of likely N-dealkylation sites (N-methyl/N-ethyl adjacent to an activating group) is 1. The molecule has 86 valence electrons. The van der Waals surface area contributed by atoms with E-state index in [1.54, 1.807) is 25.6 Å². The van der Waals surface area contributed by atoms with Gasteiger partial charge in [0.05, 0.1) is 10.4 Å². The van der Waals surface area contributed by atoms with Crippen LogP contribution in [-0.4, -0.2) is 33.6 Å². The molecule has 1 aromatic rings. The zero-order valence-electron chi connectivity index (χ0n) is 9.12. The van der Waals surface area contributed by atoms with E-state index in [1.807, 2.05) is 19.2 Å². The van der Waals surface area contributed by atoms with Gasteiger partial charge in [-0.2, -0.15) is 0 Å². The van der Waals surface area contributed by atoms with Crippen molar-refractivity contribution in [2.45, 2.75) is 18.8 Å². The molecule has 0 aliphatic heterocycles. The van der Waals surface area contributed by atoms with Crippen LogP contribution in [-0.2, 0) is 15.9 Å². The first-order valence-corrected chi connectivity index (χ1v) is 5.87. The van der Waals surface area contributed by atoms with Crippen LogP contribution in [0.25, 0.3) is 0 Å². The molecule has 1 rings (SSSR count). The number of ether oxygens (including phenoxy) is 2. The molecule has 0 aliphatic rings. The molecule has 0 aromatic carbocycles. The highest BCUT2D eigenvalue weighted by Gasteiger charge is 2.19. The highest BCUT2D eigenvalue weighted by Crippen LogP contribution is 2.23. The monoisotopic (exact) mass is 249 g/mol. The minimum absolute atomic E-state index is 0.134. The summed E-state index contributed by atoms with van der Waals surface area (Å²) >= 11 is 7.45. The molecule has 1 atom stereocenters. The second kappa shape index (κ2) is 6.45. The zero-order valence-corrected chi connectivity index (χ0v) is 10.7. The van der Waals surface area contributed by atoms with Crippen LogP contribution in [0.3, 0.4) is 0 Å². The molecule has 0 amide bonds. The number of nitrogens with one attached hydrogen (secondary N) is 1. The summed E-state index contributed by atoms with van der Waals surface area (Å²) in [4.78, 5) is 1.22. The van der Waals surface area contributed by atoms with Gasteiger partial charge >= 0.3 is 0 Å². The van der Waals surface area contributed by atoms with E-state index in [0.717, 1.165) is 10.8 Å². The molecule has 1 heterocycles. The van der Waals surface area contributed by atoms with Crippen LogP contribution >= 0.6 is 22.9 Å². The summed E-state index contributed by atoms with van der Waals surface area (Å²) in [6.07, 6.45) is 0.608. The van der Waals surface area contributed by atoms with Gasteiger partial charge in [-0.1, -0.05) is 11.6 Å². The first-order chi connectivity index (χ1) is 7.21. The van der Waals surface area contributed by atoms with Gasteiger partial charge in [0.25, 0.3) is 0 Å². The largest absolute Gasteiger partial charge is 0.354 e. The smallest absolute Gasteiger partial charge is 0.172 e. The maximum atomic E-state index is 5.87. The molecule has 0 saturated heterocycles. The van der Waals surface area contributed by atoms with Crippen molar-refractivity contribution in [3.05, 3.63) is 21.3 Å². The van der Waals surface area contributed by atoms with Crippen molar-refractivity contribution in [1.82, 2.24) is 5.32 Å². The van der Waals surface area contributed by atoms with E-state index >= 15 is 0 Å². The van der Waals surface area contributed by atoms with Crippen molar-refractivity contribution < 1.29 is 9.47 Å². The zero-order chi connectivity index (χ0) is 11.3. The second-order valence-corrected chi connectivity index (χ2v) is 4.94. The standard InChI is InChI=1S/C10H16ClNO2S/c1-12-8(10(13-2)14-3)6-7-4-5-9(11)15-7/h4-5,8,10,12H,6H2,1-3H3. The van der Waals surface area contributed by atoms with E-state index in [1.165, 1.54) is 4.88 Å². The Labute approximate surface area is 99.3 Å². The van der Waals surface area contributed by atoms with Crippen molar-refractivity contribution in [2.24, 2.45) is 0 Å². The lowest BCUT2D eigenvalue weighted by Gasteiger charge is -2.23. The second-order valence-electron chi connectivity index (χ2n) is 3.14. The number of thiophene rings is 1. The predicted molar refractivity (Wildman–Crippen MR) is 63.7 cm³/mol. The van der Waals surface area contributed by atoms with Crippen molar-refractivity contribution in [1.29, 1.82) is 0 Å². The Morgan fingerprint density at radius 3 is 2.47 bits per heavy atom. The Hall–Kier alpha value is -0.130. The molecule has 0 spiro atoms. The van der Waals surface area contributed by atoms with Gasteiger partial charge in [0.1, 0.15) is 0 Å². The van der Waals surface area contributed by atoms with Crippen LogP contribution in [0.5, 0.6) is 0 Å². The maximum absolute atomic E-state index is 5.87. The molecule has 3 nitrogen and oxygen atoms in total. The third-order valence-electron chi connectivity index (χ3n) is 2.21. The number of rotatable bonds is 6. The number of hydrogen-bond donors (Lipinski definition) is 1. The van der Waals surface area contributed by atoms with Gasteiger partial charge in [-0.05, 0) is 19.2 Å². The van der Waals surface area contributed by atoms with E-state index in [0.29, 0.717) is 0 Å². The first-order valence-electron chi connectivity index (χ1n) is 4.68. The van der Waals surface area contributed by atoms with Gasteiger partial charge < -0.3 is 14.8 Å². The summed E-state index contributed by atoms with van der Waals surface area (Å²) in [6, 6.07) is 4.07. The molecular formula is C10H16ClNO2S. The van der Waals surface area contributed by atoms with Crippen LogP contribution in [0, 0.1) is 0 Å². The van der Waals surface area contributed by atoms with Crippen molar-refractivity contribution >= 4 is 22.9 Å². The maximum Gasteiger partial charge on any atom is 0.172 e. The Morgan fingerprint density at radius 1 is 1.40 bits per heavy atom. The molecule has 0 fully saturated rings. The number of halogens is 1. The van der Waals surface area contributed by atoms with Crippen LogP contribution in [0.4, 0.5) is 0 Å². The average molecular weight is 250 g/mol. The van der Waals surface area contributed by atoms with Gasteiger partial charge in [-0.15, -0.1) is 11.3 Å². The third kappa shape index (κ3) is 3.74. The molecule has 15 heavy (non-hydrogen) atoms. The van der Waals surface area contributed by atoms with Crippen LogP contribution in [0.1, 0.15) is 4.88 Å². The van der Waals surface area contributed by atoms with Crippen LogP contribution in [0.15, 0.2) is 12.1 Å². The Balaban J connectivity index is 2.60. The third-order valence-corrected chi connectivity index (χ3v) is 3.47. The highest BCUT2D eigenvalue weighted by molar-refractivity contribution is 7.16. The Morgan fingerprint density at radius 2 is 2.07 bits per heavy atom. The van der Waals surface area contributed by atoms with Gasteiger partial charge in [-0.25, -0.2) is 0 Å². The lowest BCUT2D eigenvalue weighted by atomic mass is 10.2. The summed E-state index contributed by atoms with van der Waals surface area (Å²) in [7, 11) is 5.17. The molecule has 1 aromatic heterocycles. The lowest BCUT2D eigenvalue weighted by Crippen LogP contribution is -2.41. The summed E-state index contributed by atoms with van der Waals surface area (Å²) in [5, 5.41) is 3.18. The number of hydrogen-bond acceptors (Lipinski definition) is 4. The molecule has 0 saturated carbocycles. The van der Waals surface area contributed by atoms with Gasteiger partial charge in [0.15, 0.2) is 6.29 Å². The van der Waals surface area contributed by atoms with E-state index < -0.39 is 0 Å². The van der Waals surface area contributed by atoms with E-state index in [2.05, 4.69) is 5.32 Å². The normalized spacial score (nSPS) is 13.4. The lowest BCUT2D eigenvalue weighted by molar-refractivity contribution is -0.121. The van der Waals surface area contributed by atoms with Crippen molar-refractivity contribution in [3.63, 3.8) is 0 Å². The van der Waals surface area contributed by atoms with Gasteiger partial charge in [0.2, 0.25) is 0 Å². The Kier molecular flexibility index (Phi) is 5.56. The molecule has 0 radical (unpaired) electrons. The van der Waals surface area contributed by atoms with Gasteiger partial charge in [-0.3, -0.25) is 0 Å². The molecule has 1 unspecified atom stereocenters.